The van der Waals surface area contributed by atoms with E-state index in [-0.39, 0.29) is 0 Å². The molecule has 74 valence electrons. The minimum absolute atomic E-state index is 0.644. The standard InChI is InChI=1S/C9H15BrN2S/c1-7(4-5-11)6-12-9-3-2-8(10)13-9/h2-3,7,12H,4-6,11H2,1H3. The minimum atomic E-state index is 0.644. The number of halogens is 1. The Balaban J connectivity index is 2.26. The molecule has 3 N–H and O–H groups in total. The van der Waals surface area contributed by atoms with E-state index in [0.717, 1.165) is 19.5 Å². The zero-order valence-corrected chi connectivity index (χ0v) is 10.1. The molecular formula is C9H15BrN2S. The predicted octanol–water partition coefficient (Wildman–Crippen LogP) is 2.91. The van der Waals surface area contributed by atoms with Gasteiger partial charge in [-0.15, -0.1) is 11.3 Å². The Kier molecular flexibility index (Phi) is 4.77. The molecule has 1 atom stereocenters. The molecule has 0 spiro atoms. The molecule has 0 aliphatic rings. The molecule has 0 radical (unpaired) electrons. The molecule has 1 aromatic heterocycles. The largest absolute Gasteiger partial charge is 0.377 e. The van der Waals surface area contributed by atoms with E-state index in [1.807, 2.05) is 0 Å². The van der Waals surface area contributed by atoms with Crippen LogP contribution in [0, 0.1) is 5.92 Å². The Labute approximate surface area is 91.7 Å². The molecule has 0 saturated heterocycles. The number of anilines is 1. The zero-order chi connectivity index (χ0) is 9.68. The molecule has 2 nitrogen and oxygen atoms in total. The highest BCUT2D eigenvalue weighted by Gasteiger charge is 2.01. The Bertz CT molecular complexity index is 250. The van der Waals surface area contributed by atoms with Gasteiger partial charge in [0.1, 0.15) is 0 Å². The highest BCUT2D eigenvalue weighted by molar-refractivity contribution is 9.11. The monoisotopic (exact) mass is 262 g/mol. The van der Waals surface area contributed by atoms with Crippen molar-refractivity contribution >= 4 is 32.3 Å². The van der Waals surface area contributed by atoms with Crippen LogP contribution in [-0.4, -0.2) is 13.1 Å². The van der Waals surface area contributed by atoms with Crippen LogP contribution in [0.4, 0.5) is 5.00 Å². The Morgan fingerprint density at radius 2 is 2.38 bits per heavy atom. The maximum absolute atomic E-state index is 5.47. The van der Waals surface area contributed by atoms with Crippen molar-refractivity contribution < 1.29 is 0 Å². The number of rotatable bonds is 5. The lowest BCUT2D eigenvalue weighted by atomic mass is 10.1. The molecule has 4 heteroatoms. The van der Waals surface area contributed by atoms with Crippen LogP contribution in [0.3, 0.4) is 0 Å². The maximum atomic E-state index is 5.47. The summed E-state index contributed by atoms with van der Waals surface area (Å²) in [6, 6.07) is 4.14. The molecule has 1 heterocycles. The first-order valence-electron chi connectivity index (χ1n) is 4.41. The van der Waals surface area contributed by atoms with Crippen molar-refractivity contribution in [1.29, 1.82) is 0 Å². The van der Waals surface area contributed by atoms with E-state index in [1.165, 1.54) is 8.79 Å². The summed E-state index contributed by atoms with van der Waals surface area (Å²) in [6.45, 7) is 3.99. The molecule has 0 saturated carbocycles. The van der Waals surface area contributed by atoms with E-state index in [4.69, 9.17) is 5.73 Å². The van der Waals surface area contributed by atoms with Crippen LogP contribution in [0.1, 0.15) is 13.3 Å². The second kappa shape index (κ2) is 5.62. The Hall–Kier alpha value is -0.0600. The third-order valence-corrected chi connectivity index (χ3v) is 3.44. The van der Waals surface area contributed by atoms with Crippen LogP contribution in [0.15, 0.2) is 15.9 Å². The number of hydrogen-bond acceptors (Lipinski definition) is 3. The summed E-state index contributed by atoms with van der Waals surface area (Å²) in [5, 5.41) is 4.60. The zero-order valence-electron chi connectivity index (χ0n) is 7.72. The van der Waals surface area contributed by atoms with E-state index in [2.05, 4.69) is 40.3 Å². The van der Waals surface area contributed by atoms with E-state index < -0.39 is 0 Å². The molecule has 1 aromatic rings. The summed E-state index contributed by atoms with van der Waals surface area (Å²) in [5.74, 6) is 0.644. The van der Waals surface area contributed by atoms with Crippen LogP contribution in [0.2, 0.25) is 0 Å². The average Bonchev–Trinajstić information content (AvgIpc) is 2.49. The van der Waals surface area contributed by atoms with Crippen molar-refractivity contribution in [3.63, 3.8) is 0 Å². The van der Waals surface area contributed by atoms with Gasteiger partial charge in [0, 0.05) is 6.54 Å². The molecule has 0 amide bonds. The van der Waals surface area contributed by atoms with Crippen molar-refractivity contribution in [2.45, 2.75) is 13.3 Å². The molecule has 0 aliphatic carbocycles. The lowest BCUT2D eigenvalue weighted by molar-refractivity contribution is 0.569. The number of hydrogen-bond donors (Lipinski definition) is 2. The fourth-order valence-corrected chi connectivity index (χ4v) is 2.36. The van der Waals surface area contributed by atoms with Gasteiger partial charge in [-0.25, -0.2) is 0 Å². The molecule has 0 aliphatic heterocycles. The topological polar surface area (TPSA) is 38.0 Å². The van der Waals surface area contributed by atoms with Crippen molar-refractivity contribution in [2.24, 2.45) is 11.7 Å². The van der Waals surface area contributed by atoms with Crippen LogP contribution < -0.4 is 11.1 Å². The molecule has 13 heavy (non-hydrogen) atoms. The number of thiophene rings is 1. The lowest BCUT2D eigenvalue weighted by Crippen LogP contribution is -2.14. The minimum Gasteiger partial charge on any atom is -0.377 e. The first-order valence-corrected chi connectivity index (χ1v) is 6.02. The summed E-state index contributed by atoms with van der Waals surface area (Å²) in [6.07, 6.45) is 1.08. The Morgan fingerprint density at radius 1 is 1.62 bits per heavy atom. The summed E-state index contributed by atoms with van der Waals surface area (Å²) in [4.78, 5) is 0. The Morgan fingerprint density at radius 3 is 2.92 bits per heavy atom. The van der Waals surface area contributed by atoms with Gasteiger partial charge in [-0.2, -0.15) is 0 Å². The summed E-state index contributed by atoms with van der Waals surface area (Å²) in [5.41, 5.74) is 5.47. The van der Waals surface area contributed by atoms with Crippen molar-refractivity contribution in [1.82, 2.24) is 0 Å². The second-order valence-electron chi connectivity index (χ2n) is 3.17. The summed E-state index contributed by atoms with van der Waals surface area (Å²) in [7, 11) is 0. The first-order chi connectivity index (χ1) is 6.22. The molecule has 1 rings (SSSR count). The van der Waals surface area contributed by atoms with E-state index in [1.54, 1.807) is 11.3 Å². The van der Waals surface area contributed by atoms with Gasteiger partial charge in [0.05, 0.1) is 8.79 Å². The first kappa shape index (κ1) is 11.0. The fourth-order valence-electron chi connectivity index (χ4n) is 1.07. The SMILES string of the molecule is CC(CCN)CNc1ccc(Br)s1. The smallest absolute Gasteiger partial charge is 0.0894 e. The molecule has 0 bridgehead atoms. The third kappa shape index (κ3) is 4.11. The van der Waals surface area contributed by atoms with Gasteiger partial charge in [0.25, 0.3) is 0 Å². The van der Waals surface area contributed by atoms with Gasteiger partial charge in [-0.3, -0.25) is 0 Å². The third-order valence-electron chi connectivity index (χ3n) is 1.86. The van der Waals surface area contributed by atoms with E-state index >= 15 is 0 Å². The van der Waals surface area contributed by atoms with Crippen LogP contribution in [0.25, 0.3) is 0 Å². The van der Waals surface area contributed by atoms with Gasteiger partial charge >= 0.3 is 0 Å². The fraction of sp³-hybridized carbons (Fsp3) is 0.556. The van der Waals surface area contributed by atoms with Crippen molar-refractivity contribution in [3.8, 4) is 0 Å². The number of nitrogens with one attached hydrogen (secondary N) is 1. The predicted molar refractivity (Wildman–Crippen MR) is 63.3 cm³/mol. The van der Waals surface area contributed by atoms with E-state index in [9.17, 15) is 0 Å². The lowest BCUT2D eigenvalue weighted by Gasteiger charge is -2.10. The average molecular weight is 263 g/mol. The molecule has 0 aromatic carbocycles. The molecular weight excluding hydrogens is 248 g/mol. The van der Waals surface area contributed by atoms with Crippen LogP contribution in [0.5, 0.6) is 0 Å². The van der Waals surface area contributed by atoms with Gasteiger partial charge in [0.15, 0.2) is 0 Å². The van der Waals surface area contributed by atoms with Crippen molar-refractivity contribution in [2.75, 3.05) is 18.4 Å². The van der Waals surface area contributed by atoms with Gasteiger partial charge in [-0.1, -0.05) is 6.92 Å². The van der Waals surface area contributed by atoms with Gasteiger partial charge in [0.2, 0.25) is 0 Å². The summed E-state index contributed by atoms with van der Waals surface area (Å²) < 4.78 is 1.17. The molecule has 0 fully saturated rings. The quantitative estimate of drug-likeness (QED) is 0.857. The van der Waals surface area contributed by atoms with E-state index in [0.29, 0.717) is 5.92 Å². The van der Waals surface area contributed by atoms with Crippen LogP contribution >= 0.6 is 27.3 Å². The highest BCUT2D eigenvalue weighted by Crippen LogP contribution is 2.26. The number of nitrogens with two attached hydrogens (primary N) is 1. The highest BCUT2D eigenvalue weighted by atomic mass is 79.9. The van der Waals surface area contributed by atoms with Gasteiger partial charge < -0.3 is 11.1 Å². The second-order valence-corrected chi connectivity index (χ2v) is 5.63. The maximum Gasteiger partial charge on any atom is 0.0894 e. The molecule has 1 unspecified atom stereocenters. The summed E-state index contributed by atoms with van der Waals surface area (Å²) >= 11 is 5.15. The normalized spacial score (nSPS) is 12.8. The van der Waals surface area contributed by atoms with Crippen LogP contribution in [-0.2, 0) is 0 Å². The van der Waals surface area contributed by atoms with Crippen molar-refractivity contribution in [3.05, 3.63) is 15.9 Å². The van der Waals surface area contributed by atoms with Gasteiger partial charge in [-0.05, 0) is 46.9 Å².